The van der Waals surface area contributed by atoms with Gasteiger partial charge in [-0.15, -0.1) is 0 Å². The highest BCUT2D eigenvalue weighted by Gasteiger charge is 2.29. The van der Waals surface area contributed by atoms with Gasteiger partial charge in [0.15, 0.2) is 0 Å². The van der Waals surface area contributed by atoms with Crippen LogP contribution in [0.1, 0.15) is 5.56 Å². The lowest BCUT2D eigenvalue weighted by molar-refractivity contribution is 0.378. The number of halogens is 1. The van der Waals surface area contributed by atoms with E-state index in [0.717, 1.165) is 11.4 Å². The molecule has 1 fully saturated rings. The molecule has 1 saturated heterocycles. The van der Waals surface area contributed by atoms with Crippen molar-refractivity contribution < 1.29 is 21.6 Å². The molecule has 3 aromatic carbocycles. The number of nitrogens with zero attached hydrogens (tertiary/aromatic N) is 2. The summed E-state index contributed by atoms with van der Waals surface area (Å²) in [5.74, 6) is 0.458. The third-order valence-electron chi connectivity index (χ3n) is 5.73. The normalized spacial score (nSPS) is 15.1. The van der Waals surface area contributed by atoms with Gasteiger partial charge in [-0.1, -0.05) is 41.9 Å². The van der Waals surface area contributed by atoms with Crippen molar-refractivity contribution in [2.24, 2.45) is 0 Å². The van der Waals surface area contributed by atoms with E-state index in [0.29, 0.717) is 36.8 Å². The first kappa shape index (κ1) is 25.3. The molecule has 35 heavy (non-hydrogen) atoms. The first-order valence-electron chi connectivity index (χ1n) is 10.9. The van der Waals surface area contributed by atoms with Gasteiger partial charge in [0.1, 0.15) is 5.75 Å². The molecule has 0 amide bonds. The number of methoxy groups -OCH3 is 1. The number of hydrogen-bond donors (Lipinski definition) is 1. The fourth-order valence-corrected chi connectivity index (χ4v) is 6.87. The lowest BCUT2D eigenvalue weighted by Crippen LogP contribution is -2.48. The van der Waals surface area contributed by atoms with Crippen LogP contribution < -0.4 is 14.4 Å². The van der Waals surface area contributed by atoms with E-state index < -0.39 is 20.0 Å². The van der Waals surface area contributed by atoms with Crippen LogP contribution in [0.4, 0.5) is 11.4 Å². The van der Waals surface area contributed by atoms with Crippen molar-refractivity contribution in [3.05, 3.63) is 83.4 Å². The molecular weight excluding hydrogens is 510 g/mol. The van der Waals surface area contributed by atoms with Crippen molar-refractivity contribution in [1.29, 1.82) is 0 Å². The van der Waals surface area contributed by atoms with Crippen LogP contribution in [0, 0.1) is 0 Å². The first-order valence-corrected chi connectivity index (χ1v) is 14.4. The van der Waals surface area contributed by atoms with Gasteiger partial charge in [-0.05, 0) is 48.0 Å². The number of hydrogen-bond acceptors (Lipinski definition) is 6. The number of ether oxygens (including phenoxy) is 1. The van der Waals surface area contributed by atoms with Gasteiger partial charge < -0.3 is 9.64 Å². The highest BCUT2D eigenvalue weighted by atomic mass is 35.5. The molecule has 1 N–H and O–H groups in total. The van der Waals surface area contributed by atoms with E-state index in [2.05, 4.69) is 9.62 Å². The van der Waals surface area contributed by atoms with Crippen LogP contribution in [0.15, 0.2) is 77.7 Å². The highest BCUT2D eigenvalue weighted by Crippen LogP contribution is 2.29. The predicted molar refractivity (Wildman–Crippen MR) is 138 cm³/mol. The largest absolute Gasteiger partial charge is 0.495 e. The van der Waals surface area contributed by atoms with E-state index in [-0.39, 0.29) is 16.3 Å². The summed E-state index contributed by atoms with van der Waals surface area (Å²) in [5.41, 5.74) is 1.69. The van der Waals surface area contributed by atoms with Gasteiger partial charge in [0.2, 0.25) is 20.0 Å². The molecule has 0 radical (unpaired) electrons. The maximum Gasteiger partial charge on any atom is 0.243 e. The summed E-state index contributed by atoms with van der Waals surface area (Å²) in [5, 5.41) is 0.366. The maximum atomic E-state index is 13.2. The van der Waals surface area contributed by atoms with Gasteiger partial charge >= 0.3 is 0 Å². The summed E-state index contributed by atoms with van der Waals surface area (Å²) >= 11 is 6.06. The molecule has 0 aliphatic carbocycles. The molecule has 0 unspecified atom stereocenters. The summed E-state index contributed by atoms with van der Waals surface area (Å²) in [4.78, 5) is 2.21. The first-order chi connectivity index (χ1) is 16.7. The Morgan fingerprint density at radius 2 is 1.49 bits per heavy atom. The molecule has 3 aromatic rings. The number of para-hydroxylation sites is 2. The molecule has 0 saturated carbocycles. The van der Waals surface area contributed by atoms with Crippen molar-refractivity contribution in [3.8, 4) is 5.75 Å². The van der Waals surface area contributed by atoms with Crippen molar-refractivity contribution in [2.75, 3.05) is 42.9 Å². The number of anilines is 2. The lowest BCUT2D eigenvalue weighted by atomic mass is 10.2. The molecule has 0 atom stereocenters. The Labute approximate surface area is 211 Å². The Bertz CT molecular complexity index is 1390. The van der Waals surface area contributed by atoms with E-state index in [9.17, 15) is 16.8 Å². The number of piperazine rings is 1. The molecule has 186 valence electrons. The fourth-order valence-electron chi connectivity index (χ4n) is 3.94. The maximum absolute atomic E-state index is 13.2. The van der Waals surface area contributed by atoms with Crippen LogP contribution in [0.3, 0.4) is 0 Å². The SMILES string of the molecule is COc1ccccc1N1CCN(S(=O)(=O)c2ccc(NS(=O)(=O)Cc3ccccc3Cl)cc2)CC1. The Balaban J connectivity index is 1.41. The van der Waals surface area contributed by atoms with Gasteiger partial charge in [0.25, 0.3) is 0 Å². The standard InChI is InChI=1S/C24H26ClN3O5S2/c1-33-24-9-5-4-8-23(24)27-14-16-28(17-15-27)35(31,32)21-12-10-20(11-13-21)26-34(29,30)18-19-6-2-3-7-22(19)25/h2-13,26H,14-18H2,1H3. The Morgan fingerprint density at radius 3 is 2.14 bits per heavy atom. The van der Waals surface area contributed by atoms with E-state index in [1.807, 2.05) is 24.3 Å². The van der Waals surface area contributed by atoms with Gasteiger partial charge in [-0.25, -0.2) is 16.8 Å². The molecule has 1 aliphatic heterocycles. The molecular formula is C24H26ClN3O5S2. The average molecular weight is 536 g/mol. The zero-order chi connectivity index (χ0) is 25.1. The zero-order valence-corrected chi connectivity index (χ0v) is 21.5. The monoisotopic (exact) mass is 535 g/mol. The van der Waals surface area contributed by atoms with E-state index >= 15 is 0 Å². The predicted octanol–water partition coefficient (Wildman–Crippen LogP) is 3.80. The summed E-state index contributed by atoms with van der Waals surface area (Å²) in [6.07, 6.45) is 0. The summed E-state index contributed by atoms with van der Waals surface area (Å²) in [7, 11) is -5.83. The minimum atomic E-state index is -3.73. The Kier molecular flexibility index (Phi) is 7.56. The van der Waals surface area contributed by atoms with Gasteiger partial charge in [0, 0.05) is 36.9 Å². The molecule has 0 spiro atoms. The van der Waals surface area contributed by atoms with Gasteiger partial charge in [0.05, 0.1) is 23.4 Å². The fraction of sp³-hybridized carbons (Fsp3) is 0.250. The minimum absolute atomic E-state index is 0.109. The van der Waals surface area contributed by atoms with Gasteiger partial charge in [-0.2, -0.15) is 4.31 Å². The third kappa shape index (κ3) is 5.90. The number of rotatable bonds is 8. The second kappa shape index (κ2) is 10.4. The van der Waals surface area contributed by atoms with Crippen LogP contribution in [-0.4, -0.2) is 54.4 Å². The number of nitrogens with one attached hydrogen (secondary N) is 1. The van der Waals surface area contributed by atoms with Crippen LogP contribution in [-0.2, 0) is 25.8 Å². The molecule has 1 heterocycles. The lowest BCUT2D eigenvalue weighted by Gasteiger charge is -2.35. The molecule has 4 rings (SSSR count). The second-order valence-electron chi connectivity index (χ2n) is 8.04. The van der Waals surface area contributed by atoms with Crippen molar-refractivity contribution in [2.45, 2.75) is 10.6 Å². The zero-order valence-electron chi connectivity index (χ0n) is 19.1. The van der Waals surface area contributed by atoms with Crippen LogP contribution >= 0.6 is 11.6 Å². The summed E-state index contributed by atoms with van der Waals surface area (Å²) in [6, 6.07) is 20.1. The Morgan fingerprint density at radius 1 is 0.857 bits per heavy atom. The van der Waals surface area contributed by atoms with Crippen LogP contribution in [0.25, 0.3) is 0 Å². The minimum Gasteiger partial charge on any atom is -0.495 e. The smallest absolute Gasteiger partial charge is 0.243 e. The van der Waals surface area contributed by atoms with E-state index in [1.54, 1.807) is 31.4 Å². The summed E-state index contributed by atoms with van der Waals surface area (Å²) < 4.78 is 60.7. The second-order valence-corrected chi connectivity index (χ2v) is 12.1. The molecule has 8 nitrogen and oxygen atoms in total. The van der Waals surface area contributed by atoms with Gasteiger partial charge in [-0.3, -0.25) is 4.72 Å². The third-order valence-corrected chi connectivity index (χ3v) is 9.25. The molecule has 1 aliphatic rings. The van der Waals surface area contributed by atoms with Crippen molar-refractivity contribution >= 4 is 43.0 Å². The molecule has 0 aromatic heterocycles. The average Bonchev–Trinajstić information content (AvgIpc) is 2.85. The van der Waals surface area contributed by atoms with E-state index in [1.165, 1.54) is 28.6 Å². The number of benzene rings is 3. The quantitative estimate of drug-likeness (QED) is 0.471. The van der Waals surface area contributed by atoms with Crippen molar-refractivity contribution in [1.82, 2.24) is 4.31 Å². The Hall–Kier alpha value is -2.79. The van der Waals surface area contributed by atoms with E-state index in [4.69, 9.17) is 16.3 Å². The van der Waals surface area contributed by atoms with Crippen LogP contribution in [0.5, 0.6) is 5.75 Å². The topological polar surface area (TPSA) is 96.0 Å². The van der Waals surface area contributed by atoms with Crippen molar-refractivity contribution in [3.63, 3.8) is 0 Å². The molecule has 11 heteroatoms. The van der Waals surface area contributed by atoms with Crippen LogP contribution in [0.2, 0.25) is 5.02 Å². The number of sulfonamides is 2. The molecule has 0 bridgehead atoms. The summed E-state index contributed by atoms with van der Waals surface area (Å²) in [6.45, 7) is 1.71. The highest BCUT2D eigenvalue weighted by molar-refractivity contribution is 7.92.